The zero-order valence-corrected chi connectivity index (χ0v) is 15.6. The van der Waals surface area contributed by atoms with Crippen molar-refractivity contribution in [3.05, 3.63) is 41.5 Å². The number of piperidine rings is 1. The first-order chi connectivity index (χ1) is 13.1. The average Bonchev–Trinajstić information content (AvgIpc) is 3.22. The summed E-state index contributed by atoms with van der Waals surface area (Å²) in [5.74, 6) is 1.70. The number of carboxylic acids is 1. The van der Waals surface area contributed by atoms with E-state index in [0.29, 0.717) is 5.82 Å². The normalized spacial score (nSPS) is 20.1. The molecular weight excluding hydrogens is 342 g/mol. The van der Waals surface area contributed by atoms with Gasteiger partial charge in [-0.2, -0.15) is 0 Å². The largest absolute Gasteiger partial charge is 0.478 e. The van der Waals surface area contributed by atoms with Crippen molar-refractivity contribution >= 4 is 17.6 Å². The van der Waals surface area contributed by atoms with Crippen LogP contribution in [0.2, 0.25) is 0 Å². The molecule has 0 radical (unpaired) electrons. The fourth-order valence-corrected chi connectivity index (χ4v) is 4.12. The van der Waals surface area contributed by atoms with E-state index in [1.165, 1.54) is 12.8 Å². The van der Waals surface area contributed by atoms with E-state index in [2.05, 4.69) is 25.8 Å². The van der Waals surface area contributed by atoms with Crippen LogP contribution in [0.4, 0.5) is 11.6 Å². The molecule has 0 aromatic carbocycles. The predicted octanol–water partition coefficient (Wildman–Crippen LogP) is 2.86. The van der Waals surface area contributed by atoms with Crippen LogP contribution in [0.5, 0.6) is 0 Å². The first kappa shape index (κ1) is 17.7. The van der Waals surface area contributed by atoms with Crippen molar-refractivity contribution in [3.8, 4) is 0 Å². The van der Waals surface area contributed by atoms with E-state index >= 15 is 0 Å². The van der Waals surface area contributed by atoms with E-state index in [0.717, 1.165) is 56.4 Å². The molecule has 2 saturated heterocycles. The Hall–Kier alpha value is -2.70. The summed E-state index contributed by atoms with van der Waals surface area (Å²) in [6.45, 7) is 5.61. The van der Waals surface area contributed by atoms with Gasteiger partial charge in [0.2, 0.25) is 0 Å². The molecule has 2 aromatic heterocycles. The average molecular weight is 367 g/mol. The molecule has 7 nitrogen and oxygen atoms in total. The van der Waals surface area contributed by atoms with Crippen molar-refractivity contribution in [1.29, 1.82) is 0 Å². The molecule has 0 saturated carbocycles. The molecule has 4 heterocycles. The molecule has 0 bridgehead atoms. The number of carboxylic acid groups (broad SMARTS) is 1. The second-order valence-electron chi connectivity index (χ2n) is 7.36. The van der Waals surface area contributed by atoms with Crippen LogP contribution in [0.25, 0.3) is 0 Å². The van der Waals surface area contributed by atoms with Crippen LogP contribution in [0.15, 0.2) is 24.4 Å². The van der Waals surface area contributed by atoms with Crippen molar-refractivity contribution in [3.63, 3.8) is 0 Å². The minimum atomic E-state index is -0.936. The van der Waals surface area contributed by atoms with Crippen LogP contribution < -0.4 is 9.80 Å². The van der Waals surface area contributed by atoms with Crippen LogP contribution in [0, 0.1) is 6.92 Å². The van der Waals surface area contributed by atoms with E-state index in [1.807, 2.05) is 6.92 Å². The van der Waals surface area contributed by atoms with E-state index in [-0.39, 0.29) is 11.5 Å². The molecule has 2 fully saturated rings. The summed E-state index contributed by atoms with van der Waals surface area (Å²) in [5, 5.41) is 9.48. The molecule has 7 heteroatoms. The number of hydrogen-bond donors (Lipinski definition) is 1. The number of carbonyl (C=O) groups is 1. The quantitative estimate of drug-likeness (QED) is 0.890. The minimum Gasteiger partial charge on any atom is -0.478 e. The van der Waals surface area contributed by atoms with Crippen molar-refractivity contribution in [2.24, 2.45) is 0 Å². The molecule has 1 atom stereocenters. The van der Waals surface area contributed by atoms with Gasteiger partial charge in [0.05, 0.1) is 5.69 Å². The number of aromatic nitrogens is 3. The molecule has 142 valence electrons. The number of hydrogen-bond acceptors (Lipinski definition) is 6. The standard InChI is InChI=1S/C20H25N5O2/c1-14-22-17(12-18(23-14)24-9-2-3-10-24)15-6-5-11-25(13-15)19-16(20(26)27)7-4-8-21-19/h4,7-8,12,15H,2-3,5-6,9-11,13H2,1H3,(H,26,27). The number of anilines is 2. The monoisotopic (exact) mass is 367 g/mol. The molecule has 1 N–H and O–H groups in total. The Balaban J connectivity index is 1.59. The number of aromatic carboxylic acids is 1. The maximum atomic E-state index is 11.6. The van der Waals surface area contributed by atoms with Gasteiger partial charge in [0.25, 0.3) is 0 Å². The van der Waals surface area contributed by atoms with Gasteiger partial charge in [-0.1, -0.05) is 0 Å². The molecule has 0 amide bonds. The SMILES string of the molecule is Cc1nc(C2CCCN(c3ncccc3C(=O)O)C2)cc(N2CCCC2)n1. The van der Waals surface area contributed by atoms with E-state index < -0.39 is 5.97 Å². The fraction of sp³-hybridized carbons (Fsp3) is 0.500. The third-order valence-electron chi connectivity index (χ3n) is 5.43. The van der Waals surface area contributed by atoms with E-state index in [4.69, 9.17) is 4.98 Å². The Labute approximate surface area is 159 Å². The maximum Gasteiger partial charge on any atom is 0.339 e. The van der Waals surface area contributed by atoms with Gasteiger partial charge in [-0.3, -0.25) is 0 Å². The number of pyridine rings is 1. The lowest BCUT2D eigenvalue weighted by Crippen LogP contribution is -2.36. The molecule has 27 heavy (non-hydrogen) atoms. The summed E-state index contributed by atoms with van der Waals surface area (Å²) in [6.07, 6.45) is 6.12. The topological polar surface area (TPSA) is 82.5 Å². The van der Waals surface area contributed by atoms with E-state index in [1.54, 1.807) is 18.3 Å². The Bertz CT molecular complexity index is 835. The van der Waals surface area contributed by atoms with Crippen molar-refractivity contribution < 1.29 is 9.90 Å². The lowest BCUT2D eigenvalue weighted by molar-refractivity contribution is 0.0697. The number of nitrogens with zero attached hydrogens (tertiary/aromatic N) is 5. The van der Waals surface area contributed by atoms with Gasteiger partial charge < -0.3 is 14.9 Å². The molecule has 2 aliphatic rings. The zero-order chi connectivity index (χ0) is 18.8. The third-order valence-corrected chi connectivity index (χ3v) is 5.43. The van der Waals surface area contributed by atoms with Gasteiger partial charge in [0, 0.05) is 44.4 Å². The second-order valence-corrected chi connectivity index (χ2v) is 7.36. The van der Waals surface area contributed by atoms with Gasteiger partial charge in [0.1, 0.15) is 23.0 Å². The fourth-order valence-electron chi connectivity index (χ4n) is 4.12. The van der Waals surface area contributed by atoms with Crippen LogP contribution >= 0.6 is 0 Å². The minimum absolute atomic E-state index is 0.255. The van der Waals surface area contributed by atoms with Gasteiger partial charge in [-0.25, -0.2) is 19.7 Å². The van der Waals surface area contributed by atoms with Gasteiger partial charge in [-0.05, 0) is 44.7 Å². The highest BCUT2D eigenvalue weighted by Gasteiger charge is 2.27. The first-order valence-corrected chi connectivity index (χ1v) is 9.65. The predicted molar refractivity (Wildman–Crippen MR) is 104 cm³/mol. The van der Waals surface area contributed by atoms with Gasteiger partial charge in [0.15, 0.2) is 0 Å². The Morgan fingerprint density at radius 2 is 1.93 bits per heavy atom. The van der Waals surface area contributed by atoms with Crippen LogP contribution in [0.3, 0.4) is 0 Å². The number of rotatable bonds is 4. The number of aryl methyl sites for hydroxylation is 1. The summed E-state index contributed by atoms with van der Waals surface area (Å²) in [7, 11) is 0. The molecule has 4 rings (SSSR count). The molecule has 0 spiro atoms. The zero-order valence-electron chi connectivity index (χ0n) is 15.6. The summed E-state index contributed by atoms with van der Waals surface area (Å²) in [5.41, 5.74) is 1.32. The third kappa shape index (κ3) is 3.72. The van der Waals surface area contributed by atoms with Crippen LogP contribution in [0.1, 0.15) is 53.5 Å². The first-order valence-electron chi connectivity index (χ1n) is 9.65. The molecule has 2 aliphatic heterocycles. The summed E-state index contributed by atoms with van der Waals surface area (Å²) in [6, 6.07) is 5.42. The summed E-state index contributed by atoms with van der Waals surface area (Å²) < 4.78 is 0. The van der Waals surface area contributed by atoms with Crippen molar-refractivity contribution in [2.75, 3.05) is 36.0 Å². The van der Waals surface area contributed by atoms with E-state index in [9.17, 15) is 9.90 Å². The van der Waals surface area contributed by atoms with Crippen molar-refractivity contribution in [1.82, 2.24) is 15.0 Å². The summed E-state index contributed by atoms with van der Waals surface area (Å²) >= 11 is 0. The molecule has 0 aliphatic carbocycles. The Kier molecular flexibility index (Phi) is 4.92. The van der Waals surface area contributed by atoms with Crippen LogP contribution in [-0.2, 0) is 0 Å². The van der Waals surface area contributed by atoms with Gasteiger partial charge in [-0.15, -0.1) is 0 Å². The highest BCUT2D eigenvalue weighted by Crippen LogP contribution is 2.31. The van der Waals surface area contributed by atoms with Crippen LogP contribution in [-0.4, -0.2) is 52.2 Å². The van der Waals surface area contributed by atoms with Gasteiger partial charge >= 0.3 is 5.97 Å². The molecule has 1 unspecified atom stereocenters. The second kappa shape index (κ2) is 7.50. The Morgan fingerprint density at radius 3 is 2.70 bits per heavy atom. The maximum absolute atomic E-state index is 11.6. The lowest BCUT2D eigenvalue weighted by atomic mass is 9.94. The lowest BCUT2D eigenvalue weighted by Gasteiger charge is -2.34. The molecule has 2 aromatic rings. The molecular formula is C20H25N5O2. The summed E-state index contributed by atoms with van der Waals surface area (Å²) in [4.78, 5) is 29.7. The smallest absolute Gasteiger partial charge is 0.339 e. The highest BCUT2D eigenvalue weighted by molar-refractivity contribution is 5.93. The Morgan fingerprint density at radius 1 is 1.15 bits per heavy atom. The highest BCUT2D eigenvalue weighted by atomic mass is 16.4. The van der Waals surface area contributed by atoms with Crippen molar-refractivity contribution in [2.45, 2.75) is 38.5 Å².